The molecule has 9 heteroatoms. The molecule has 0 saturated heterocycles. The van der Waals surface area contributed by atoms with Crippen molar-refractivity contribution in [3.8, 4) is 5.75 Å². The number of esters is 2. The fraction of sp³-hybridized carbons (Fsp3) is 0.276. The Balaban J connectivity index is 1.48. The second-order valence-corrected chi connectivity index (χ2v) is 9.27. The number of ether oxygens (including phenoxy) is 3. The molecule has 1 amide bonds. The molecule has 0 fully saturated rings. The molecule has 0 aliphatic rings. The Morgan fingerprint density at radius 1 is 0.789 bits per heavy atom. The first-order chi connectivity index (χ1) is 18.4. The van der Waals surface area contributed by atoms with Crippen LogP contribution in [0.25, 0.3) is 0 Å². The molecule has 1 N–H and O–H groups in total. The maximum absolute atomic E-state index is 12.8. The third-order valence-electron chi connectivity index (χ3n) is 5.42. The highest BCUT2D eigenvalue weighted by Gasteiger charge is 2.24. The number of nitrogens with one attached hydrogen (secondary N) is 1. The zero-order valence-corrected chi connectivity index (χ0v) is 22.2. The van der Waals surface area contributed by atoms with E-state index in [9.17, 15) is 14.4 Å². The van der Waals surface area contributed by atoms with Crippen molar-refractivity contribution in [3.05, 3.63) is 100 Å². The first-order valence-corrected chi connectivity index (χ1v) is 12.9. The summed E-state index contributed by atoms with van der Waals surface area (Å²) >= 11 is 12.0. The summed E-state index contributed by atoms with van der Waals surface area (Å²) in [7, 11) is 0. The fourth-order valence-corrected chi connectivity index (χ4v) is 3.89. The largest absolute Gasteiger partial charge is 0.492 e. The van der Waals surface area contributed by atoms with E-state index >= 15 is 0 Å². The van der Waals surface area contributed by atoms with Crippen LogP contribution in [0.3, 0.4) is 0 Å². The van der Waals surface area contributed by atoms with Gasteiger partial charge in [-0.15, -0.1) is 0 Å². The maximum atomic E-state index is 12.8. The lowest BCUT2D eigenvalue weighted by molar-refractivity contribution is -0.150. The second kappa shape index (κ2) is 15.6. The van der Waals surface area contributed by atoms with E-state index in [4.69, 9.17) is 37.4 Å². The van der Waals surface area contributed by atoms with E-state index in [1.165, 1.54) is 0 Å². The average Bonchev–Trinajstić information content (AvgIpc) is 2.93. The molecule has 3 aromatic carbocycles. The molecule has 3 aromatic rings. The molecule has 0 bridgehead atoms. The Hall–Kier alpha value is -3.55. The average molecular weight is 558 g/mol. The van der Waals surface area contributed by atoms with Gasteiger partial charge in [0.25, 0.3) is 0 Å². The lowest BCUT2D eigenvalue weighted by Crippen LogP contribution is -2.42. The van der Waals surface area contributed by atoms with Gasteiger partial charge in [-0.05, 0) is 42.2 Å². The van der Waals surface area contributed by atoms with E-state index < -0.39 is 18.0 Å². The van der Waals surface area contributed by atoms with Gasteiger partial charge in [-0.2, -0.15) is 0 Å². The predicted octanol–water partition coefficient (Wildman–Crippen LogP) is 5.90. The van der Waals surface area contributed by atoms with Crippen molar-refractivity contribution in [2.75, 3.05) is 6.61 Å². The monoisotopic (exact) mass is 557 g/mol. The van der Waals surface area contributed by atoms with Crippen LogP contribution in [0, 0.1) is 0 Å². The van der Waals surface area contributed by atoms with E-state index in [0.29, 0.717) is 22.2 Å². The van der Waals surface area contributed by atoms with E-state index in [2.05, 4.69) is 5.32 Å². The Morgan fingerprint density at radius 3 is 2.05 bits per heavy atom. The van der Waals surface area contributed by atoms with Crippen molar-refractivity contribution < 1.29 is 28.6 Å². The molecule has 200 valence electrons. The molecular formula is C29H29Cl2NO6. The normalized spacial score (nSPS) is 11.3. The van der Waals surface area contributed by atoms with Gasteiger partial charge < -0.3 is 19.5 Å². The molecule has 0 saturated carbocycles. The summed E-state index contributed by atoms with van der Waals surface area (Å²) in [5.41, 5.74) is 1.67. The molecule has 7 nitrogen and oxygen atoms in total. The van der Waals surface area contributed by atoms with Crippen LogP contribution in [0.5, 0.6) is 5.75 Å². The Bertz CT molecular complexity index is 1190. The number of halogens is 2. The van der Waals surface area contributed by atoms with Crippen LogP contribution in [0.2, 0.25) is 10.0 Å². The van der Waals surface area contributed by atoms with Gasteiger partial charge in [0.05, 0.1) is 11.6 Å². The summed E-state index contributed by atoms with van der Waals surface area (Å²) in [6.07, 6.45) is 0.474. The van der Waals surface area contributed by atoms with Gasteiger partial charge in [-0.1, -0.05) is 83.9 Å². The van der Waals surface area contributed by atoms with E-state index in [-0.39, 0.29) is 45.0 Å². The lowest BCUT2D eigenvalue weighted by atomic mass is 10.1. The SMILES string of the molecule is O=C(CCCOc1ccc(Cl)cc1Cl)NC(CCC(=O)OCc1ccccc1)C(=O)OCc1ccccc1. The second-order valence-electron chi connectivity index (χ2n) is 8.43. The van der Waals surface area contributed by atoms with Crippen LogP contribution in [0.15, 0.2) is 78.9 Å². The van der Waals surface area contributed by atoms with Crippen molar-refractivity contribution in [3.63, 3.8) is 0 Å². The van der Waals surface area contributed by atoms with Crippen LogP contribution in [-0.4, -0.2) is 30.5 Å². The first-order valence-electron chi connectivity index (χ1n) is 12.2. The Kier molecular flexibility index (Phi) is 11.9. The number of rotatable bonds is 14. The highest BCUT2D eigenvalue weighted by atomic mass is 35.5. The zero-order valence-electron chi connectivity index (χ0n) is 20.7. The van der Waals surface area contributed by atoms with Crippen molar-refractivity contribution in [1.82, 2.24) is 5.32 Å². The molecule has 0 spiro atoms. The summed E-state index contributed by atoms with van der Waals surface area (Å²) in [5.74, 6) is -0.998. The van der Waals surface area contributed by atoms with Crippen molar-refractivity contribution >= 4 is 41.0 Å². The van der Waals surface area contributed by atoms with Crippen molar-refractivity contribution in [2.45, 2.75) is 44.9 Å². The van der Waals surface area contributed by atoms with Crippen LogP contribution in [0.4, 0.5) is 0 Å². The molecule has 3 rings (SSSR count). The van der Waals surface area contributed by atoms with Gasteiger partial charge in [-0.3, -0.25) is 9.59 Å². The van der Waals surface area contributed by atoms with Crippen molar-refractivity contribution in [1.29, 1.82) is 0 Å². The third kappa shape index (κ3) is 10.4. The van der Waals surface area contributed by atoms with Gasteiger partial charge in [0.15, 0.2) is 0 Å². The molecule has 0 heterocycles. The van der Waals surface area contributed by atoms with Gasteiger partial charge in [-0.25, -0.2) is 4.79 Å². The van der Waals surface area contributed by atoms with Crippen LogP contribution >= 0.6 is 23.2 Å². The van der Waals surface area contributed by atoms with Gasteiger partial charge in [0.2, 0.25) is 5.91 Å². The summed E-state index contributed by atoms with van der Waals surface area (Å²) < 4.78 is 16.3. The standard InChI is InChI=1S/C29H29Cl2NO6/c30-23-13-15-26(24(31)18-23)36-17-7-12-27(33)32-25(29(35)38-20-22-10-5-2-6-11-22)14-16-28(34)37-19-21-8-3-1-4-9-21/h1-6,8-11,13,15,18,25H,7,12,14,16-17,19-20H2,(H,32,33). The number of carbonyl (C=O) groups is 3. The summed E-state index contributed by atoms with van der Waals surface area (Å²) in [5, 5.41) is 3.55. The molecule has 0 radical (unpaired) electrons. The molecule has 0 aliphatic carbocycles. The number of benzene rings is 3. The maximum Gasteiger partial charge on any atom is 0.328 e. The number of carbonyl (C=O) groups excluding carboxylic acids is 3. The lowest BCUT2D eigenvalue weighted by Gasteiger charge is -2.18. The first kappa shape index (κ1) is 29.0. The predicted molar refractivity (Wildman–Crippen MR) is 145 cm³/mol. The molecule has 1 atom stereocenters. The summed E-state index contributed by atoms with van der Waals surface area (Å²) in [4.78, 5) is 37.6. The summed E-state index contributed by atoms with van der Waals surface area (Å²) in [6, 6.07) is 22.4. The van der Waals surface area contributed by atoms with E-state index in [1.54, 1.807) is 18.2 Å². The third-order valence-corrected chi connectivity index (χ3v) is 5.95. The highest BCUT2D eigenvalue weighted by Crippen LogP contribution is 2.27. The van der Waals surface area contributed by atoms with E-state index in [1.807, 2.05) is 60.7 Å². The molecular weight excluding hydrogens is 529 g/mol. The topological polar surface area (TPSA) is 90.9 Å². The smallest absolute Gasteiger partial charge is 0.328 e. The highest BCUT2D eigenvalue weighted by molar-refractivity contribution is 6.35. The van der Waals surface area contributed by atoms with Gasteiger partial charge >= 0.3 is 11.9 Å². The van der Waals surface area contributed by atoms with Crippen molar-refractivity contribution in [2.24, 2.45) is 0 Å². The number of hydrogen-bond donors (Lipinski definition) is 1. The Morgan fingerprint density at radius 2 is 1.42 bits per heavy atom. The molecule has 1 unspecified atom stereocenters. The minimum Gasteiger partial charge on any atom is -0.492 e. The minimum absolute atomic E-state index is 0.0455. The number of amides is 1. The molecule has 0 aliphatic heterocycles. The van der Waals surface area contributed by atoms with Crippen LogP contribution in [-0.2, 0) is 37.1 Å². The summed E-state index contributed by atoms with van der Waals surface area (Å²) in [6.45, 7) is 0.427. The van der Waals surface area contributed by atoms with Crippen LogP contribution < -0.4 is 10.1 Å². The zero-order chi connectivity index (χ0) is 27.2. The number of hydrogen-bond acceptors (Lipinski definition) is 6. The fourth-order valence-electron chi connectivity index (χ4n) is 3.42. The van der Waals surface area contributed by atoms with Gasteiger partial charge in [0.1, 0.15) is 25.0 Å². The van der Waals surface area contributed by atoms with E-state index in [0.717, 1.165) is 11.1 Å². The Labute approximate surface area is 232 Å². The van der Waals surface area contributed by atoms with Gasteiger partial charge in [0, 0.05) is 17.9 Å². The molecule has 0 aromatic heterocycles. The quantitative estimate of drug-likeness (QED) is 0.196. The molecule has 38 heavy (non-hydrogen) atoms. The van der Waals surface area contributed by atoms with Crippen LogP contribution in [0.1, 0.15) is 36.8 Å². The minimum atomic E-state index is -0.998.